The number of para-hydroxylation sites is 1. The fourth-order valence-corrected chi connectivity index (χ4v) is 2.76. The number of nitrogen functional groups attached to an aromatic ring is 1. The summed E-state index contributed by atoms with van der Waals surface area (Å²) in [6.07, 6.45) is 2.85. The van der Waals surface area contributed by atoms with Gasteiger partial charge in [0.1, 0.15) is 0 Å². The van der Waals surface area contributed by atoms with Crippen molar-refractivity contribution in [3.8, 4) is 11.5 Å². The quantitative estimate of drug-likeness (QED) is 0.476. The van der Waals surface area contributed by atoms with Gasteiger partial charge < -0.3 is 20.5 Å². The van der Waals surface area contributed by atoms with Crippen molar-refractivity contribution >= 4 is 24.0 Å². The van der Waals surface area contributed by atoms with Gasteiger partial charge in [-0.3, -0.25) is 4.79 Å². The minimum atomic E-state index is 0. The molecule has 0 aromatic heterocycles. The number of hydrogen-bond acceptors (Lipinski definition) is 4. The number of amides is 1. The molecule has 0 fully saturated rings. The molecule has 0 aliphatic heterocycles. The van der Waals surface area contributed by atoms with E-state index in [0.29, 0.717) is 26.0 Å². The van der Waals surface area contributed by atoms with Gasteiger partial charge in [-0.25, -0.2) is 0 Å². The van der Waals surface area contributed by atoms with Crippen molar-refractivity contribution in [2.75, 3.05) is 26.0 Å². The second-order valence-electron chi connectivity index (χ2n) is 6.07. The van der Waals surface area contributed by atoms with Crippen LogP contribution in [0, 0.1) is 0 Å². The van der Waals surface area contributed by atoms with Crippen molar-refractivity contribution < 1.29 is 14.3 Å². The number of nitrogens with two attached hydrogens (primary N) is 1. The molecule has 0 radical (unpaired) electrons. The smallest absolute Gasteiger partial charge is 0.220 e. The summed E-state index contributed by atoms with van der Waals surface area (Å²) in [6, 6.07) is 13.6. The number of benzene rings is 2. The Kier molecular flexibility index (Phi) is 10.1. The Morgan fingerprint density at radius 1 is 1.11 bits per heavy atom. The summed E-state index contributed by atoms with van der Waals surface area (Å²) in [5.41, 5.74) is 8.82. The molecule has 2 rings (SSSR count). The lowest BCUT2D eigenvalue weighted by Crippen LogP contribution is -2.25. The highest BCUT2D eigenvalue weighted by Crippen LogP contribution is 2.28. The van der Waals surface area contributed by atoms with Gasteiger partial charge in [0.15, 0.2) is 11.5 Å². The average Bonchev–Trinajstić information content (AvgIpc) is 2.65. The van der Waals surface area contributed by atoms with E-state index in [0.717, 1.165) is 35.6 Å². The van der Waals surface area contributed by atoms with Crippen molar-refractivity contribution in [2.45, 2.75) is 32.6 Å². The summed E-state index contributed by atoms with van der Waals surface area (Å²) >= 11 is 0. The highest BCUT2D eigenvalue weighted by molar-refractivity contribution is 5.85. The fourth-order valence-electron chi connectivity index (χ4n) is 2.76. The molecule has 2 aromatic carbocycles. The van der Waals surface area contributed by atoms with Crippen molar-refractivity contribution in [1.29, 1.82) is 0 Å². The van der Waals surface area contributed by atoms with E-state index in [1.807, 2.05) is 49.4 Å². The third-order valence-corrected chi connectivity index (χ3v) is 4.17. The van der Waals surface area contributed by atoms with Gasteiger partial charge in [0, 0.05) is 18.7 Å². The summed E-state index contributed by atoms with van der Waals surface area (Å²) in [5, 5.41) is 2.97. The molecule has 0 spiro atoms. The first-order valence-electron chi connectivity index (χ1n) is 9.03. The standard InChI is InChI=1S/C21H28N2O3.ClH/c1-3-26-20-15-16(10-12-19(20)25-2)7-6-14-23-21(24)13-11-17-8-4-5-9-18(17)22;/h4-5,8-10,12,15H,3,6-7,11,13-14,22H2,1-2H3,(H,23,24);1H. The largest absolute Gasteiger partial charge is 0.493 e. The van der Waals surface area contributed by atoms with Gasteiger partial charge in [-0.1, -0.05) is 24.3 Å². The van der Waals surface area contributed by atoms with Gasteiger partial charge in [-0.05, 0) is 55.5 Å². The lowest BCUT2D eigenvalue weighted by Gasteiger charge is -2.11. The van der Waals surface area contributed by atoms with Crippen molar-refractivity contribution in [3.05, 3.63) is 53.6 Å². The third-order valence-electron chi connectivity index (χ3n) is 4.17. The molecule has 148 valence electrons. The van der Waals surface area contributed by atoms with E-state index in [-0.39, 0.29) is 18.3 Å². The number of ether oxygens (including phenoxy) is 2. The first-order valence-corrected chi connectivity index (χ1v) is 9.03. The Hall–Kier alpha value is -2.40. The van der Waals surface area contributed by atoms with Crippen LogP contribution in [0.2, 0.25) is 0 Å². The topological polar surface area (TPSA) is 73.6 Å². The van der Waals surface area contributed by atoms with Crippen LogP contribution in [-0.2, 0) is 17.6 Å². The Bertz CT molecular complexity index is 722. The SMILES string of the molecule is CCOc1cc(CCCNC(=O)CCc2ccccc2N)ccc1OC.Cl. The molecule has 0 saturated heterocycles. The molecule has 3 N–H and O–H groups in total. The van der Waals surface area contributed by atoms with E-state index in [9.17, 15) is 4.79 Å². The minimum absolute atomic E-state index is 0. The zero-order chi connectivity index (χ0) is 18.8. The van der Waals surface area contributed by atoms with Gasteiger partial charge in [0.05, 0.1) is 13.7 Å². The minimum Gasteiger partial charge on any atom is -0.493 e. The predicted octanol–water partition coefficient (Wildman–Crippen LogP) is 3.78. The molecule has 5 nitrogen and oxygen atoms in total. The maximum atomic E-state index is 12.0. The summed E-state index contributed by atoms with van der Waals surface area (Å²) in [7, 11) is 1.64. The predicted molar refractivity (Wildman–Crippen MR) is 112 cm³/mol. The molecule has 27 heavy (non-hydrogen) atoms. The Labute approximate surface area is 167 Å². The summed E-state index contributed by atoms with van der Waals surface area (Å²) in [6.45, 7) is 3.20. The number of anilines is 1. The second-order valence-corrected chi connectivity index (χ2v) is 6.07. The molecule has 0 heterocycles. The number of hydrogen-bond donors (Lipinski definition) is 2. The summed E-state index contributed by atoms with van der Waals surface area (Å²) < 4.78 is 10.9. The molecule has 1 amide bonds. The lowest BCUT2D eigenvalue weighted by molar-refractivity contribution is -0.121. The third kappa shape index (κ3) is 7.39. The summed E-state index contributed by atoms with van der Waals surface area (Å²) in [4.78, 5) is 12.0. The van der Waals surface area contributed by atoms with Crippen molar-refractivity contribution in [2.24, 2.45) is 0 Å². The van der Waals surface area contributed by atoms with Crippen LogP contribution in [0.15, 0.2) is 42.5 Å². The van der Waals surface area contributed by atoms with E-state index in [4.69, 9.17) is 15.2 Å². The molecular formula is C21H29ClN2O3. The number of nitrogens with one attached hydrogen (secondary N) is 1. The monoisotopic (exact) mass is 392 g/mol. The zero-order valence-corrected chi connectivity index (χ0v) is 16.8. The lowest BCUT2D eigenvalue weighted by atomic mass is 10.1. The molecule has 0 aliphatic rings. The van der Waals surface area contributed by atoms with Gasteiger partial charge in [-0.2, -0.15) is 0 Å². The van der Waals surface area contributed by atoms with Crippen LogP contribution in [0.1, 0.15) is 30.9 Å². The highest BCUT2D eigenvalue weighted by atomic mass is 35.5. The number of rotatable bonds is 10. The van der Waals surface area contributed by atoms with Gasteiger partial charge in [-0.15, -0.1) is 12.4 Å². The van der Waals surface area contributed by atoms with Gasteiger partial charge in [0.2, 0.25) is 5.91 Å². The van der Waals surface area contributed by atoms with Crippen LogP contribution < -0.4 is 20.5 Å². The highest BCUT2D eigenvalue weighted by Gasteiger charge is 2.06. The number of methoxy groups -OCH3 is 1. The van der Waals surface area contributed by atoms with Crippen molar-refractivity contribution in [3.63, 3.8) is 0 Å². The van der Waals surface area contributed by atoms with E-state index in [2.05, 4.69) is 5.32 Å². The summed E-state index contributed by atoms with van der Waals surface area (Å²) in [5.74, 6) is 1.55. The number of halogens is 1. The Morgan fingerprint density at radius 2 is 1.89 bits per heavy atom. The van der Waals surface area contributed by atoms with E-state index < -0.39 is 0 Å². The Balaban J connectivity index is 0.00000364. The van der Waals surface area contributed by atoms with Crippen LogP contribution in [0.4, 0.5) is 5.69 Å². The van der Waals surface area contributed by atoms with Gasteiger partial charge in [0.25, 0.3) is 0 Å². The second kappa shape index (κ2) is 12.1. The fraction of sp³-hybridized carbons (Fsp3) is 0.381. The van der Waals surface area contributed by atoms with Crippen LogP contribution in [0.5, 0.6) is 11.5 Å². The van der Waals surface area contributed by atoms with Crippen molar-refractivity contribution in [1.82, 2.24) is 5.32 Å². The molecule has 6 heteroatoms. The van der Waals surface area contributed by atoms with E-state index in [1.54, 1.807) is 7.11 Å². The molecule has 0 unspecified atom stereocenters. The van der Waals surface area contributed by atoms with Crippen LogP contribution in [0.3, 0.4) is 0 Å². The van der Waals surface area contributed by atoms with Gasteiger partial charge >= 0.3 is 0 Å². The van der Waals surface area contributed by atoms with Crippen LogP contribution in [-0.4, -0.2) is 26.2 Å². The maximum absolute atomic E-state index is 12.0. The number of carbonyl (C=O) groups excluding carboxylic acids is 1. The zero-order valence-electron chi connectivity index (χ0n) is 16.0. The molecule has 0 aliphatic carbocycles. The molecule has 2 aromatic rings. The van der Waals surface area contributed by atoms with Crippen LogP contribution >= 0.6 is 12.4 Å². The van der Waals surface area contributed by atoms with Crippen LogP contribution in [0.25, 0.3) is 0 Å². The molecule has 0 bridgehead atoms. The van der Waals surface area contributed by atoms with E-state index in [1.165, 1.54) is 5.56 Å². The normalized spacial score (nSPS) is 10.0. The average molecular weight is 393 g/mol. The number of carbonyl (C=O) groups is 1. The number of aryl methyl sites for hydroxylation is 2. The first-order chi connectivity index (χ1) is 12.6. The first kappa shape index (κ1) is 22.6. The molecule has 0 atom stereocenters. The molecule has 0 saturated carbocycles. The van der Waals surface area contributed by atoms with E-state index >= 15 is 0 Å². The maximum Gasteiger partial charge on any atom is 0.220 e. The Morgan fingerprint density at radius 3 is 2.59 bits per heavy atom. The molecular weight excluding hydrogens is 364 g/mol.